The van der Waals surface area contributed by atoms with E-state index in [9.17, 15) is 9.59 Å². The van der Waals surface area contributed by atoms with Crippen LogP contribution in [0.4, 0.5) is 11.4 Å². The van der Waals surface area contributed by atoms with Crippen molar-refractivity contribution < 1.29 is 14.3 Å². The zero-order valence-corrected chi connectivity index (χ0v) is 15.7. The highest BCUT2D eigenvalue weighted by molar-refractivity contribution is 6.41. The summed E-state index contributed by atoms with van der Waals surface area (Å²) in [4.78, 5) is 25.7. The van der Waals surface area contributed by atoms with E-state index in [1.807, 2.05) is 6.07 Å². The number of carbonyl (C=O) groups is 2. The molecule has 0 fully saturated rings. The number of hydrogen-bond acceptors (Lipinski definition) is 4. The third kappa shape index (κ3) is 4.15. The van der Waals surface area contributed by atoms with Gasteiger partial charge in [-0.25, -0.2) is 0 Å². The number of benzene rings is 2. The first-order valence-electron chi connectivity index (χ1n) is 7.67. The predicted molar refractivity (Wildman–Crippen MR) is 102 cm³/mol. The molecule has 1 aliphatic rings. The molecule has 0 spiro atoms. The Bertz CT molecular complexity index is 837. The van der Waals surface area contributed by atoms with Gasteiger partial charge in [0.15, 0.2) is 6.61 Å². The van der Waals surface area contributed by atoms with Gasteiger partial charge in [0.25, 0.3) is 5.91 Å². The van der Waals surface area contributed by atoms with Crippen LogP contribution in [0.1, 0.15) is 6.42 Å². The van der Waals surface area contributed by atoms with Crippen LogP contribution < -0.4 is 20.5 Å². The minimum Gasteiger partial charge on any atom is -0.482 e. The van der Waals surface area contributed by atoms with Crippen molar-refractivity contribution in [2.75, 3.05) is 23.5 Å². The Balaban J connectivity index is 1.59. The molecule has 0 atom stereocenters. The van der Waals surface area contributed by atoms with Crippen molar-refractivity contribution in [3.8, 4) is 5.75 Å². The molecule has 2 amide bonds. The van der Waals surface area contributed by atoms with E-state index in [0.717, 1.165) is 0 Å². The van der Waals surface area contributed by atoms with Gasteiger partial charge in [-0.2, -0.15) is 0 Å². The molecule has 0 saturated carbocycles. The van der Waals surface area contributed by atoms with Crippen molar-refractivity contribution in [3.05, 3.63) is 51.5 Å². The summed E-state index contributed by atoms with van der Waals surface area (Å²) in [5, 5.41) is 0.946. The van der Waals surface area contributed by atoms with Gasteiger partial charge in [-0.15, -0.1) is 0 Å². The molecule has 0 saturated heterocycles. The molecule has 1 heterocycles. The van der Waals surface area contributed by atoms with Crippen molar-refractivity contribution in [3.63, 3.8) is 0 Å². The first kappa shape index (κ1) is 18.6. The molecule has 2 N–H and O–H groups in total. The third-order valence-electron chi connectivity index (χ3n) is 3.70. The number of amides is 2. The van der Waals surface area contributed by atoms with E-state index in [2.05, 4.69) is 10.9 Å². The molecule has 26 heavy (non-hydrogen) atoms. The van der Waals surface area contributed by atoms with E-state index >= 15 is 0 Å². The van der Waals surface area contributed by atoms with Crippen molar-refractivity contribution in [2.45, 2.75) is 6.42 Å². The Morgan fingerprint density at radius 1 is 1.15 bits per heavy atom. The molecule has 9 heteroatoms. The SMILES string of the molecule is O=C(CCN1C(=O)COc2ccccc21)NNc1c(Cl)cc(Cl)cc1Cl. The lowest BCUT2D eigenvalue weighted by Crippen LogP contribution is -2.41. The summed E-state index contributed by atoms with van der Waals surface area (Å²) in [6.45, 7) is 0.168. The Labute approximate surface area is 164 Å². The van der Waals surface area contributed by atoms with Crippen LogP contribution in [-0.2, 0) is 9.59 Å². The fraction of sp³-hybridized carbons (Fsp3) is 0.176. The number of ether oxygens (including phenoxy) is 1. The van der Waals surface area contributed by atoms with Gasteiger partial charge >= 0.3 is 0 Å². The number of carbonyl (C=O) groups excluding carboxylic acids is 2. The number of nitrogens with zero attached hydrogens (tertiary/aromatic N) is 1. The molecular weight excluding hydrogens is 401 g/mol. The zero-order valence-electron chi connectivity index (χ0n) is 13.4. The maximum atomic E-state index is 12.1. The van der Waals surface area contributed by atoms with E-state index in [1.165, 1.54) is 17.0 Å². The Hall–Kier alpha value is -2.15. The van der Waals surface area contributed by atoms with Crippen LogP contribution in [0.2, 0.25) is 15.1 Å². The van der Waals surface area contributed by atoms with E-state index < -0.39 is 0 Å². The fourth-order valence-corrected chi connectivity index (χ4v) is 3.38. The van der Waals surface area contributed by atoms with E-state index in [1.54, 1.807) is 18.2 Å². The van der Waals surface area contributed by atoms with Crippen LogP contribution in [0, 0.1) is 0 Å². The maximum Gasteiger partial charge on any atom is 0.265 e. The topological polar surface area (TPSA) is 70.7 Å². The quantitative estimate of drug-likeness (QED) is 0.728. The molecule has 0 aromatic heterocycles. The predicted octanol–water partition coefficient (Wildman–Crippen LogP) is 3.91. The van der Waals surface area contributed by atoms with Crippen LogP contribution in [0.25, 0.3) is 0 Å². The second kappa shape index (κ2) is 8.03. The van der Waals surface area contributed by atoms with Gasteiger partial charge in [-0.3, -0.25) is 20.4 Å². The highest BCUT2D eigenvalue weighted by Crippen LogP contribution is 2.33. The van der Waals surface area contributed by atoms with Gasteiger partial charge in [0, 0.05) is 18.0 Å². The highest BCUT2D eigenvalue weighted by Gasteiger charge is 2.25. The van der Waals surface area contributed by atoms with E-state index in [-0.39, 0.29) is 41.4 Å². The molecule has 6 nitrogen and oxygen atoms in total. The molecule has 1 aliphatic heterocycles. The third-order valence-corrected chi connectivity index (χ3v) is 4.52. The number of halogens is 3. The Kier molecular flexibility index (Phi) is 5.76. The second-order valence-electron chi connectivity index (χ2n) is 5.47. The number of rotatable bonds is 5. The summed E-state index contributed by atoms with van der Waals surface area (Å²) in [6.07, 6.45) is 0.0793. The number of nitrogens with one attached hydrogen (secondary N) is 2. The monoisotopic (exact) mass is 413 g/mol. The van der Waals surface area contributed by atoms with Gasteiger partial charge in [0.2, 0.25) is 5.91 Å². The Morgan fingerprint density at radius 2 is 1.85 bits per heavy atom. The molecule has 3 rings (SSSR count). The van der Waals surface area contributed by atoms with Gasteiger partial charge in [0.05, 0.1) is 21.4 Å². The number of hydrazine groups is 1. The number of para-hydroxylation sites is 2. The van der Waals surface area contributed by atoms with Crippen LogP contribution in [0.5, 0.6) is 5.75 Å². The van der Waals surface area contributed by atoms with Gasteiger partial charge in [0.1, 0.15) is 5.75 Å². The normalized spacial score (nSPS) is 13.0. The molecular formula is C17H14Cl3N3O3. The van der Waals surface area contributed by atoms with Crippen molar-refractivity contribution in [1.29, 1.82) is 0 Å². The molecule has 2 aromatic carbocycles. The summed E-state index contributed by atoms with van der Waals surface area (Å²) in [5.74, 6) is 0.0856. The minimum atomic E-state index is -0.330. The zero-order chi connectivity index (χ0) is 18.7. The highest BCUT2D eigenvalue weighted by atomic mass is 35.5. The van der Waals surface area contributed by atoms with Gasteiger partial charge in [-0.05, 0) is 24.3 Å². The van der Waals surface area contributed by atoms with Crippen molar-refractivity contribution in [2.24, 2.45) is 0 Å². The lowest BCUT2D eigenvalue weighted by atomic mass is 10.2. The number of fused-ring (bicyclic) bond motifs is 1. The minimum absolute atomic E-state index is 0.0487. The number of anilines is 2. The van der Waals surface area contributed by atoms with Crippen LogP contribution in [0.3, 0.4) is 0 Å². The molecule has 0 bridgehead atoms. The first-order valence-corrected chi connectivity index (χ1v) is 8.80. The molecule has 0 aliphatic carbocycles. The van der Waals surface area contributed by atoms with E-state index in [4.69, 9.17) is 39.5 Å². The second-order valence-corrected chi connectivity index (χ2v) is 6.72. The summed E-state index contributed by atoms with van der Waals surface area (Å²) in [7, 11) is 0. The van der Waals surface area contributed by atoms with Crippen molar-refractivity contribution in [1.82, 2.24) is 5.43 Å². The lowest BCUT2D eigenvalue weighted by molar-refractivity contribution is -0.122. The Morgan fingerprint density at radius 3 is 2.58 bits per heavy atom. The molecule has 0 radical (unpaired) electrons. The van der Waals surface area contributed by atoms with Crippen LogP contribution >= 0.6 is 34.8 Å². The number of hydrogen-bond donors (Lipinski definition) is 2. The van der Waals surface area contributed by atoms with E-state index in [0.29, 0.717) is 22.1 Å². The average Bonchev–Trinajstić information content (AvgIpc) is 2.60. The summed E-state index contributed by atoms with van der Waals surface area (Å²) < 4.78 is 5.37. The average molecular weight is 415 g/mol. The fourth-order valence-electron chi connectivity index (χ4n) is 2.47. The maximum absolute atomic E-state index is 12.1. The van der Waals surface area contributed by atoms with Gasteiger partial charge < -0.3 is 9.64 Å². The summed E-state index contributed by atoms with van der Waals surface area (Å²) in [6, 6.07) is 10.2. The van der Waals surface area contributed by atoms with Gasteiger partial charge in [-0.1, -0.05) is 46.9 Å². The van der Waals surface area contributed by atoms with Crippen LogP contribution in [0.15, 0.2) is 36.4 Å². The molecule has 2 aromatic rings. The largest absolute Gasteiger partial charge is 0.482 e. The van der Waals surface area contributed by atoms with Crippen LogP contribution in [-0.4, -0.2) is 25.0 Å². The smallest absolute Gasteiger partial charge is 0.265 e. The molecule has 136 valence electrons. The van der Waals surface area contributed by atoms with Crippen molar-refractivity contribution >= 4 is 58.0 Å². The summed E-state index contributed by atoms with van der Waals surface area (Å²) >= 11 is 17.9. The lowest BCUT2D eigenvalue weighted by Gasteiger charge is -2.29. The first-order chi connectivity index (χ1) is 12.5. The molecule has 0 unspecified atom stereocenters. The standard InChI is InChI=1S/C17H14Cl3N3O3/c18-10-7-11(19)17(12(20)8-10)22-21-15(24)5-6-23-13-3-1-2-4-14(13)26-9-16(23)25/h1-4,7-8,22H,5-6,9H2,(H,21,24). The summed E-state index contributed by atoms with van der Waals surface area (Å²) in [5.41, 5.74) is 6.18.